The fourth-order valence-electron chi connectivity index (χ4n) is 2.12. The van der Waals surface area contributed by atoms with Crippen molar-refractivity contribution in [3.05, 3.63) is 0 Å². The van der Waals surface area contributed by atoms with Crippen molar-refractivity contribution in [2.24, 2.45) is 5.92 Å². The second-order valence-electron chi connectivity index (χ2n) is 4.50. The smallest absolute Gasteiger partial charge is 0.394 e. The van der Waals surface area contributed by atoms with Crippen LogP contribution in [0.15, 0.2) is 0 Å². The molecule has 4 nitrogen and oxygen atoms in total. The number of likely N-dealkylation sites (tertiary alicyclic amines) is 1. The van der Waals surface area contributed by atoms with Gasteiger partial charge in [-0.1, -0.05) is 0 Å². The summed E-state index contributed by atoms with van der Waals surface area (Å²) in [5, 5.41) is 17.6. The fraction of sp³-hybridized carbons (Fsp3) is 1.00. The van der Waals surface area contributed by atoms with Crippen LogP contribution in [0.1, 0.15) is 12.8 Å². The van der Waals surface area contributed by atoms with Crippen molar-refractivity contribution in [1.29, 1.82) is 0 Å². The van der Waals surface area contributed by atoms with Crippen molar-refractivity contribution in [3.8, 4) is 0 Å². The summed E-state index contributed by atoms with van der Waals surface area (Å²) in [6, 6.07) is 0. The van der Waals surface area contributed by atoms with Gasteiger partial charge < -0.3 is 19.8 Å². The van der Waals surface area contributed by atoms with Gasteiger partial charge in [0.05, 0.1) is 19.8 Å². The Morgan fingerprint density at radius 2 is 1.83 bits per heavy atom. The standard InChI is InChI=1S/C11H20F3NO3/c12-11(13,14)10(17)9-1-3-15(4-2-9)5-7-18-8-6-16/h9-10,16-17H,1-8H2. The molecule has 108 valence electrons. The van der Waals surface area contributed by atoms with E-state index in [1.165, 1.54) is 0 Å². The van der Waals surface area contributed by atoms with Crippen LogP contribution >= 0.6 is 0 Å². The van der Waals surface area contributed by atoms with E-state index >= 15 is 0 Å². The summed E-state index contributed by atoms with van der Waals surface area (Å²) in [5.74, 6) is -0.695. The largest absolute Gasteiger partial charge is 0.414 e. The molecule has 1 saturated heterocycles. The molecule has 0 amide bonds. The number of piperidine rings is 1. The van der Waals surface area contributed by atoms with Crippen LogP contribution in [-0.4, -0.2) is 66.8 Å². The zero-order valence-electron chi connectivity index (χ0n) is 10.2. The predicted molar refractivity (Wildman–Crippen MR) is 59.1 cm³/mol. The maximum atomic E-state index is 12.3. The molecule has 18 heavy (non-hydrogen) atoms. The summed E-state index contributed by atoms with van der Waals surface area (Å²) in [6.45, 7) is 2.45. The lowest BCUT2D eigenvalue weighted by atomic mass is 9.91. The van der Waals surface area contributed by atoms with Crippen LogP contribution in [0.4, 0.5) is 13.2 Å². The van der Waals surface area contributed by atoms with Crippen LogP contribution in [0.2, 0.25) is 0 Å². The number of aliphatic hydroxyl groups excluding tert-OH is 2. The Labute approximate surface area is 104 Å². The molecular weight excluding hydrogens is 251 g/mol. The molecule has 0 spiro atoms. The number of hydrogen-bond acceptors (Lipinski definition) is 4. The molecule has 1 rings (SSSR count). The molecule has 1 aliphatic rings. The Morgan fingerprint density at radius 3 is 2.33 bits per heavy atom. The van der Waals surface area contributed by atoms with Gasteiger partial charge in [-0.2, -0.15) is 13.2 Å². The first kappa shape index (κ1) is 15.7. The monoisotopic (exact) mass is 271 g/mol. The third kappa shape index (κ3) is 5.09. The minimum Gasteiger partial charge on any atom is -0.394 e. The molecule has 7 heteroatoms. The van der Waals surface area contributed by atoms with Gasteiger partial charge in [-0.15, -0.1) is 0 Å². The first-order valence-corrected chi connectivity index (χ1v) is 6.11. The van der Waals surface area contributed by atoms with Gasteiger partial charge in [0.15, 0.2) is 6.10 Å². The second kappa shape index (κ2) is 7.28. The summed E-state index contributed by atoms with van der Waals surface area (Å²) in [4.78, 5) is 2.01. The quantitative estimate of drug-likeness (QED) is 0.696. The molecule has 0 radical (unpaired) electrons. The van der Waals surface area contributed by atoms with Crippen LogP contribution in [0, 0.1) is 5.92 Å². The predicted octanol–water partition coefficient (Wildman–Crippen LogP) is 0.630. The lowest BCUT2D eigenvalue weighted by Crippen LogP contribution is -2.44. The maximum Gasteiger partial charge on any atom is 0.414 e. The topological polar surface area (TPSA) is 52.9 Å². The Bertz CT molecular complexity index is 230. The van der Waals surface area contributed by atoms with E-state index in [0.717, 1.165) is 0 Å². The van der Waals surface area contributed by atoms with Crippen molar-refractivity contribution in [1.82, 2.24) is 4.90 Å². The highest BCUT2D eigenvalue weighted by molar-refractivity contribution is 4.81. The van der Waals surface area contributed by atoms with Crippen LogP contribution < -0.4 is 0 Å². The maximum absolute atomic E-state index is 12.3. The molecule has 0 aliphatic carbocycles. The van der Waals surface area contributed by atoms with Crippen LogP contribution in [0.3, 0.4) is 0 Å². The Morgan fingerprint density at radius 1 is 1.22 bits per heavy atom. The van der Waals surface area contributed by atoms with Gasteiger partial charge in [-0.25, -0.2) is 0 Å². The summed E-state index contributed by atoms with van der Waals surface area (Å²) in [5.41, 5.74) is 0. The van der Waals surface area contributed by atoms with E-state index in [1.54, 1.807) is 0 Å². The fourth-order valence-corrected chi connectivity index (χ4v) is 2.12. The molecule has 2 N–H and O–H groups in total. The first-order valence-electron chi connectivity index (χ1n) is 6.11. The lowest BCUT2D eigenvalue weighted by Gasteiger charge is -2.34. The number of nitrogens with zero attached hydrogens (tertiary/aromatic N) is 1. The normalized spacial score (nSPS) is 21.2. The Balaban J connectivity index is 2.20. The molecule has 1 aliphatic heterocycles. The van der Waals surface area contributed by atoms with Gasteiger partial charge in [0, 0.05) is 6.54 Å². The summed E-state index contributed by atoms with van der Waals surface area (Å²) in [6.07, 6.45) is -6.02. The number of hydrogen-bond donors (Lipinski definition) is 2. The molecule has 0 aromatic rings. The van der Waals surface area contributed by atoms with E-state index in [-0.39, 0.29) is 13.2 Å². The number of halogens is 3. The van der Waals surface area contributed by atoms with Crippen LogP contribution in [-0.2, 0) is 4.74 Å². The summed E-state index contributed by atoms with van der Waals surface area (Å²) in [7, 11) is 0. The first-order chi connectivity index (χ1) is 8.45. The average Bonchev–Trinajstić information content (AvgIpc) is 2.33. The molecule has 0 bridgehead atoms. The van der Waals surface area contributed by atoms with Crippen molar-refractivity contribution < 1.29 is 28.1 Å². The SMILES string of the molecule is OCCOCCN1CCC(C(O)C(F)(F)F)CC1. The van der Waals surface area contributed by atoms with E-state index in [1.807, 2.05) is 4.90 Å². The van der Waals surface area contributed by atoms with Crippen molar-refractivity contribution in [2.45, 2.75) is 25.1 Å². The minimum atomic E-state index is -4.52. The van der Waals surface area contributed by atoms with Gasteiger partial charge in [0.25, 0.3) is 0 Å². The lowest BCUT2D eigenvalue weighted by molar-refractivity contribution is -0.223. The molecule has 0 saturated carbocycles. The molecule has 1 fully saturated rings. The molecule has 1 heterocycles. The van der Waals surface area contributed by atoms with Gasteiger partial charge in [-0.3, -0.25) is 0 Å². The van der Waals surface area contributed by atoms with Gasteiger partial charge >= 0.3 is 6.18 Å². The number of alkyl halides is 3. The van der Waals surface area contributed by atoms with Crippen molar-refractivity contribution in [3.63, 3.8) is 0 Å². The number of rotatable bonds is 6. The molecule has 0 aromatic heterocycles. The van der Waals surface area contributed by atoms with E-state index in [0.29, 0.717) is 39.1 Å². The Hall–Kier alpha value is -0.370. The van der Waals surface area contributed by atoms with Gasteiger partial charge in [0.1, 0.15) is 0 Å². The number of aliphatic hydroxyl groups is 2. The van der Waals surface area contributed by atoms with E-state index < -0.39 is 18.2 Å². The Kier molecular flexibility index (Phi) is 6.34. The second-order valence-corrected chi connectivity index (χ2v) is 4.50. The van der Waals surface area contributed by atoms with Gasteiger partial charge in [-0.05, 0) is 31.8 Å². The van der Waals surface area contributed by atoms with E-state index in [9.17, 15) is 13.2 Å². The van der Waals surface area contributed by atoms with E-state index in [2.05, 4.69) is 0 Å². The van der Waals surface area contributed by atoms with Crippen LogP contribution in [0.5, 0.6) is 0 Å². The van der Waals surface area contributed by atoms with Crippen molar-refractivity contribution >= 4 is 0 Å². The highest BCUT2D eigenvalue weighted by Gasteiger charge is 2.43. The van der Waals surface area contributed by atoms with Gasteiger partial charge in [0.2, 0.25) is 0 Å². The summed E-state index contributed by atoms with van der Waals surface area (Å²) < 4.78 is 42.0. The highest BCUT2D eigenvalue weighted by atomic mass is 19.4. The average molecular weight is 271 g/mol. The zero-order valence-corrected chi connectivity index (χ0v) is 10.2. The zero-order chi connectivity index (χ0) is 13.6. The summed E-state index contributed by atoms with van der Waals surface area (Å²) >= 11 is 0. The minimum absolute atomic E-state index is 0.0279. The van der Waals surface area contributed by atoms with Crippen LogP contribution in [0.25, 0.3) is 0 Å². The molecule has 1 unspecified atom stereocenters. The van der Waals surface area contributed by atoms with Crippen molar-refractivity contribution in [2.75, 3.05) is 39.5 Å². The number of ether oxygens (including phenoxy) is 1. The third-order valence-electron chi connectivity index (χ3n) is 3.20. The molecule has 1 atom stereocenters. The third-order valence-corrected chi connectivity index (χ3v) is 3.20. The molecular formula is C11H20F3NO3. The molecule has 0 aromatic carbocycles. The highest BCUT2D eigenvalue weighted by Crippen LogP contribution is 2.31. The van der Waals surface area contributed by atoms with E-state index in [4.69, 9.17) is 14.9 Å².